The summed E-state index contributed by atoms with van der Waals surface area (Å²) in [6.45, 7) is 2.06. The Morgan fingerprint density at radius 2 is 1.91 bits per heavy atom. The summed E-state index contributed by atoms with van der Waals surface area (Å²) in [6.07, 6.45) is 5.51. The summed E-state index contributed by atoms with van der Waals surface area (Å²) < 4.78 is 0. The third kappa shape index (κ3) is 2.21. The zero-order valence-electron chi connectivity index (χ0n) is 7.05. The van der Waals surface area contributed by atoms with Crippen LogP contribution in [0.1, 0.15) is 39.0 Å². The van der Waals surface area contributed by atoms with Gasteiger partial charge in [-0.05, 0) is 18.8 Å². The molecular formula is C9H16O2. The normalized spacial score (nSPS) is 32.8. The summed E-state index contributed by atoms with van der Waals surface area (Å²) in [5.74, 6) is -0.285. The number of aliphatic carboxylic acids is 1. The highest BCUT2D eigenvalue weighted by Crippen LogP contribution is 2.28. The van der Waals surface area contributed by atoms with Crippen LogP contribution < -0.4 is 0 Å². The highest BCUT2D eigenvalue weighted by molar-refractivity contribution is 5.70. The maximum absolute atomic E-state index is 10.7. The Morgan fingerprint density at radius 1 is 1.27 bits per heavy atom. The van der Waals surface area contributed by atoms with Gasteiger partial charge in [-0.3, -0.25) is 4.79 Å². The predicted octanol–water partition coefficient (Wildman–Crippen LogP) is 2.29. The molecule has 1 aliphatic carbocycles. The fourth-order valence-electron chi connectivity index (χ4n) is 1.86. The summed E-state index contributed by atoms with van der Waals surface area (Å²) in [6, 6.07) is 0. The summed E-state index contributed by atoms with van der Waals surface area (Å²) in [5, 5.41) is 8.83. The molecule has 0 saturated heterocycles. The van der Waals surface area contributed by atoms with Gasteiger partial charge in [0.15, 0.2) is 0 Å². The van der Waals surface area contributed by atoms with E-state index >= 15 is 0 Å². The second-order valence-corrected chi connectivity index (χ2v) is 3.56. The van der Waals surface area contributed by atoms with E-state index in [1.807, 2.05) is 0 Å². The van der Waals surface area contributed by atoms with Crippen LogP contribution >= 0.6 is 0 Å². The fraction of sp³-hybridized carbons (Fsp3) is 0.889. The van der Waals surface area contributed by atoms with Crippen molar-refractivity contribution < 1.29 is 9.90 Å². The molecule has 0 spiro atoms. The molecule has 1 rings (SSSR count). The Kier molecular flexibility index (Phi) is 2.92. The molecule has 0 aromatic heterocycles. The molecule has 0 aromatic carbocycles. The summed E-state index contributed by atoms with van der Waals surface area (Å²) in [7, 11) is 0. The molecule has 0 radical (unpaired) electrons. The van der Waals surface area contributed by atoms with Crippen molar-refractivity contribution in [3.05, 3.63) is 0 Å². The first-order valence-corrected chi connectivity index (χ1v) is 4.44. The van der Waals surface area contributed by atoms with Crippen LogP contribution in [0.3, 0.4) is 0 Å². The van der Waals surface area contributed by atoms with Crippen molar-refractivity contribution in [2.24, 2.45) is 11.8 Å². The monoisotopic (exact) mass is 156 g/mol. The third-order valence-corrected chi connectivity index (χ3v) is 2.68. The zero-order chi connectivity index (χ0) is 8.27. The van der Waals surface area contributed by atoms with Crippen molar-refractivity contribution in [2.75, 3.05) is 0 Å². The molecule has 64 valence electrons. The highest BCUT2D eigenvalue weighted by Gasteiger charge is 2.25. The van der Waals surface area contributed by atoms with Gasteiger partial charge < -0.3 is 5.11 Å². The van der Waals surface area contributed by atoms with E-state index < -0.39 is 5.97 Å². The lowest BCUT2D eigenvalue weighted by atomic mass is 9.90. The Morgan fingerprint density at radius 3 is 2.55 bits per heavy atom. The molecule has 2 atom stereocenters. The smallest absolute Gasteiger partial charge is 0.306 e. The van der Waals surface area contributed by atoms with E-state index in [2.05, 4.69) is 6.92 Å². The first-order valence-electron chi connectivity index (χ1n) is 4.44. The van der Waals surface area contributed by atoms with Gasteiger partial charge in [0.1, 0.15) is 0 Å². The van der Waals surface area contributed by atoms with Gasteiger partial charge in [0.25, 0.3) is 0 Å². The average Bonchev–Trinajstić information content (AvgIpc) is 2.13. The minimum Gasteiger partial charge on any atom is -0.481 e. The van der Waals surface area contributed by atoms with Gasteiger partial charge in [-0.1, -0.05) is 26.2 Å². The number of carbonyl (C=O) groups is 1. The first-order chi connectivity index (χ1) is 5.22. The number of rotatable bonds is 1. The first kappa shape index (κ1) is 8.57. The maximum atomic E-state index is 10.7. The van der Waals surface area contributed by atoms with Gasteiger partial charge in [0, 0.05) is 0 Å². The van der Waals surface area contributed by atoms with Gasteiger partial charge in [-0.2, -0.15) is 0 Å². The van der Waals surface area contributed by atoms with Gasteiger partial charge in [0.2, 0.25) is 0 Å². The Bertz CT molecular complexity index is 142. The van der Waals surface area contributed by atoms with Crippen LogP contribution in [0.4, 0.5) is 0 Å². The van der Waals surface area contributed by atoms with Gasteiger partial charge in [0.05, 0.1) is 5.92 Å². The second kappa shape index (κ2) is 3.74. The minimum atomic E-state index is -0.598. The van der Waals surface area contributed by atoms with E-state index in [9.17, 15) is 4.79 Å². The second-order valence-electron chi connectivity index (χ2n) is 3.56. The summed E-state index contributed by atoms with van der Waals surface area (Å²) in [4.78, 5) is 10.7. The van der Waals surface area contributed by atoms with Crippen LogP contribution in [0, 0.1) is 11.8 Å². The molecule has 1 fully saturated rings. The molecule has 2 heteroatoms. The maximum Gasteiger partial charge on any atom is 0.306 e. The predicted molar refractivity (Wildman–Crippen MR) is 43.4 cm³/mol. The Balaban J connectivity index is 2.52. The van der Waals surface area contributed by atoms with Crippen molar-refractivity contribution in [2.45, 2.75) is 39.0 Å². The number of carboxylic acid groups (broad SMARTS) is 1. The van der Waals surface area contributed by atoms with Crippen LogP contribution in [0.2, 0.25) is 0 Å². The minimum absolute atomic E-state index is 0.0718. The van der Waals surface area contributed by atoms with E-state index in [0.29, 0.717) is 5.92 Å². The molecule has 1 saturated carbocycles. The van der Waals surface area contributed by atoms with E-state index in [-0.39, 0.29) is 5.92 Å². The van der Waals surface area contributed by atoms with Crippen molar-refractivity contribution in [1.82, 2.24) is 0 Å². The molecule has 0 unspecified atom stereocenters. The summed E-state index contributed by atoms with van der Waals surface area (Å²) in [5.41, 5.74) is 0. The van der Waals surface area contributed by atoms with Crippen LogP contribution in [0.15, 0.2) is 0 Å². The molecule has 0 amide bonds. The number of hydrogen-bond acceptors (Lipinski definition) is 1. The lowest BCUT2D eigenvalue weighted by Gasteiger charge is -2.15. The lowest BCUT2D eigenvalue weighted by Crippen LogP contribution is -2.20. The van der Waals surface area contributed by atoms with Crippen LogP contribution in [0.25, 0.3) is 0 Å². The van der Waals surface area contributed by atoms with Gasteiger partial charge in [-0.25, -0.2) is 0 Å². The van der Waals surface area contributed by atoms with Crippen molar-refractivity contribution in [3.8, 4) is 0 Å². The quantitative estimate of drug-likeness (QED) is 0.591. The van der Waals surface area contributed by atoms with Gasteiger partial charge >= 0.3 is 5.97 Å². The lowest BCUT2D eigenvalue weighted by molar-refractivity contribution is -0.143. The number of hydrogen-bond donors (Lipinski definition) is 1. The van der Waals surface area contributed by atoms with E-state index in [1.54, 1.807) is 0 Å². The highest BCUT2D eigenvalue weighted by atomic mass is 16.4. The van der Waals surface area contributed by atoms with Crippen molar-refractivity contribution >= 4 is 5.97 Å². The fourth-order valence-corrected chi connectivity index (χ4v) is 1.86. The largest absolute Gasteiger partial charge is 0.481 e. The number of carboxylic acids is 1. The molecule has 0 aliphatic heterocycles. The molecule has 0 bridgehead atoms. The zero-order valence-corrected chi connectivity index (χ0v) is 7.05. The molecule has 1 N–H and O–H groups in total. The molecular weight excluding hydrogens is 140 g/mol. The molecule has 0 aromatic rings. The molecule has 1 aliphatic rings. The van der Waals surface area contributed by atoms with Crippen LogP contribution in [0.5, 0.6) is 0 Å². The van der Waals surface area contributed by atoms with Crippen molar-refractivity contribution in [1.29, 1.82) is 0 Å². The van der Waals surface area contributed by atoms with E-state index in [4.69, 9.17) is 5.11 Å². The van der Waals surface area contributed by atoms with Crippen LogP contribution in [-0.4, -0.2) is 11.1 Å². The SMILES string of the molecule is C[C@H]1CCCCC[C@@H]1C(=O)O. The van der Waals surface area contributed by atoms with Crippen LogP contribution in [-0.2, 0) is 4.79 Å². The standard InChI is InChI=1S/C9H16O2/c1-7-5-3-2-4-6-8(7)9(10)11/h7-8H,2-6H2,1H3,(H,10,11)/t7-,8-/m0/s1. The average molecular weight is 156 g/mol. The van der Waals surface area contributed by atoms with Gasteiger partial charge in [-0.15, -0.1) is 0 Å². The Labute approximate surface area is 67.6 Å². The molecule has 2 nitrogen and oxygen atoms in total. The van der Waals surface area contributed by atoms with E-state index in [1.165, 1.54) is 12.8 Å². The topological polar surface area (TPSA) is 37.3 Å². The third-order valence-electron chi connectivity index (χ3n) is 2.68. The Hall–Kier alpha value is -0.530. The van der Waals surface area contributed by atoms with E-state index in [0.717, 1.165) is 19.3 Å². The van der Waals surface area contributed by atoms with Crippen molar-refractivity contribution in [3.63, 3.8) is 0 Å². The molecule has 11 heavy (non-hydrogen) atoms. The molecule has 0 heterocycles. The summed E-state index contributed by atoms with van der Waals surface area (Å²) >= 11 is 0.